The van der Waals surface area contributed by atoms with Crippen LogP contribution in [0.5, 0.6) is 5.75 Å². The van der Waals surface area contributed by atoms with E-state index in [0.717, 1.165) is 17.7 Å². The molecule has 2 aromatic carbocycles. The van der Waals surface area contributed by atoms with Crippen molar-refractivity contribution in [1.29, 1.82) is 0 Å². The van der Waals surface area contributed by atoms with Crippen molar-refractivity contribution in [3.63, 3.8) is 0 Å². The molecule has 0 aliphatic heterocycles. The minimum Gasteiger partial charge on any atom is -0.494 e. The van der Waals surface area contributed by atoms with Gasteiger partial charge in [-0.15, -0.1) is 0 Å². The van der Waals surface area contributed by atoms with Crippen molar-refractivity contribution in [3.8, 4) is 5.75 Å². The predicted octanol–water partition coefficient (Wildman–Crippen LogP) is 3.13. The molecular weight excluding hydrogens is 276 g/mol. The Kier molecular flexibility index (Phi) is 6.30. The fraction of sp³-hybridized carbons (Fsp3) is 0.278. The predicted molar refractivity (Wildman–Crippen MR) is 88.0 cm³/mol. The molecule has 0 aromatic heterocycles. The summed E-state index contributed by atoms with van der Waals surface area (Å²) in [6.45, 7) is 3.74. The molecule has 2 amide bonds. The molecule has 0 fully saturated rings. The van der Waals surface area contributed by atoms with Crippen molar-refractivity contribution in [1.82, 2.24) is 10.6 Å². The zero-order chi connectivity index (χ0) is 15.6. The maximum Gasteiger partial charge on any atom is 0.315 e. The molecule has 116 valence electrons. The Morgan fingerprint density at radius 3 is 2.36 bits per heavy atom. The Labute approximate surface area is 131 Å². The molecule has 0 heterocycles. The van der Waals surface area contributed by atoms with E-state index >= 15 is 0 Å². The van der Waals surface area contributed by atoms with E-state index in [-0.39, 0.29) is 6.03 Å². The van der Waals surface area contributed by atoms with Crippen molar-refractivity contribution in [2.24, 2.45) is 0 Å². The van der Waals surface area contributed by atoms with Crippen molar-refractivity contribution in [2.75, 3.05) is 13.2 Å². The van der Waals surface area contributed by atoms with E-state index in [0.29, 0.717) is 19.7 Å². The van der Waals surface area contributed by atoms with Crippen LogP contribution >= 0.6 is 0 Å². The maximum absolute atomic E-state index is 11.7. The molecule has 2 N–H and O–H groups in total. The van der Waals surface area contributed by atoms with Crippen molar-refractivity contribution >= 4 is 6.03 Å². The van der Waals surface area contributed by atoms with E-state index in [1.165, 1.54) is 5.56 Å². The van der Waals surface area contributed by atoms with Gasteiger partial charge < -0.3 is 15.4 Å². The lowest BCUT2D eigenvalue weighted by Gasteiger charge is -2.08. The van der Waals surface area contributed by atoms with Gasteiger partial charge >= 0.3 is 6.03 Å². The number of hydrogen-bond donors (Lipinski definition) is 2. The highest BCUT2D eigenvalue weighted by molar-refractivity contribution is 5.73. The largest absolute Gasteiger partial charge is 0.494 e. The molecule has 22 heavy (non-hydrogen) atoms. The van der Waals surface area contributed by atoms with Crippen molar-refractivity contribution < 1.29 is 9.53 Å². The SMILES string of the molecule is CCOc1ccc(CNC(=O)NCCc2ccccc2)cc1. The minimum absolute atomic E-state index is 0.148. The Hall–Kier alpha value is -2.49. The second kappa shape index (κ2) is 8.72. The van der Waals surface area contributed by atoms with Gasteiger partial charge in [-0.05, 0) is 36.6 Å². The van der Waals surface area contributed by atoms with E-state index in [4.69, 9.17) is 4.74 Å². The quantitative estimate of drug-likeness (QED) is 0.825. The summed E-state index contributed by atoms with van der Waals surface area (Å²) in [4.78, 5) is 11.7. The van der Waals surface area contributed by atoms with Crippen LogP contribution in [0.2, 0.25) is 0 Å². The summed E-state index contributed by atoms with van der Waals surface area (Å²) in [5.74, 6) is 0.846. The molecule has 2 rings (SSSR count). The van der Waals surface area contributed by atoms with Crippen LogP contribution in [0.25, 0.3) is 0 Å². The van der Waals surface area contributed by atoms with Gasteiger partial charge in [-0.2, -0.15) is 0 Å². The lowest BCUT2D eigenvalue weighted by molar-refractivity contribution is 0.240. The first kappa shape index (κ1) is 15.9. The van der Waals surface area contributed by atoms with Crippen LogP contribution in [0.3, 0.4) is 0 Å². The zero-order valence-electron chi connectivity index (χ0n) is 12.8. The van der Waals surface area contributed by atoms with Gasteiger partial charge in [-0.3, -0.25) is 0 Å². The van der Waals surface area contributed by atoms with E-state index in [9.17, 15) is 4.79 Å². The van der Waals surface area contributed by atoms with Gasteiger partial charge in [0, 0.05) is 13.1 Å². The first-order valence-corrected chi connectivity index (χ1v) is 7.55. The number of rotatable bonds is 7. The van der Waals surface area contributed by atoms with Gasteiger partial charge in [0.15, 0.2) is 0 Å². The van der Waals surface area contributed by atoms with Crippen LogP contribution in [0.15, 0.2) is 54.6 Å². The molecule has 0 bridgehead atoms. The topological polar surface area (TPSA) is 50.4 Å². The van der Waals surface area contributed by atoms with Gasteiger partial charge in [0.1, 0.15) is 5.75 Å². The van der Waals surface area contributed by atoms with E-state index < -0.39 is 0 Å². The molecule has 0 spiro atoms. The fourth-order valence-electron chi connectivity index (χ4n) is 2.08. The average molecular weight is 298 g/mol. The number of hydrogen-bond acceptors (Lipinski definition) is 2. The number of carbonyl (C=O) groups excluding carboxylic acids is 1. The molecular formula is C18H22N2O2. The lowest BCUT2D eigenvalue weighted by atomic mass is 10.1. The molecule has 0 saturated carbocycles. The monoisotopic (exact) mass is 298 g/mol. The van der Waals surface area contributed by atoms with Gasteiger partial charge in [0.25, 0.3) is 0 Å². The molecule has 0 unspecified atom stereocenters. The number of urea groups is 1. The summed E-state index contributed by atoms with van der Waals surface area (Å²) in [7, 11) is 0. The van der Waals surface area contributed by atoms with Gasteiger partial charge in [-0.1, -0.05) is 42.5 Å². The zero-order valence-corrected chi connectivity index (χ0v) is 12.8. The first-order valence-electron chi connectivity index (χ1n) is 7.55. The summed E-state index contributed by atoms with van der Waals surface area (Å²) < 4.78 is 5.38. The van der Waals surface area contributed by atoms with Crippen LogP contribution < -0.4 is 15.4 Å². The Bertz CT molecular complexity index is 567. The third kappa shape index (κ3) is 5.48. The summed E-state index contributed by atoms with van der Waals surface area (Å²) in [5, 5.41) is 5.70. The van der Waals surface area contributed by atoms with Crippen LogP contribution in [0.4, 0.5) is 4.79 Å². The summed E-state index contributed by atoms with van der Waals surface area (Å²) >= 11 is 0. The number of nitrogens with one attached hydrogen (secondary N) is 2. The molecule has 4 nitrogen and oxygen atoms in total. The molecule has 0 aliphatic carbocycles. The highest BCUT2D eigenvalue weighted by Crippen LogP contribution is 2.11. The molecule has 4 heteroatoms. The van der Waals surface area contributed by atoms with Crippen LogP contribution in [0.1, 0.15) is 18.1 Å². The smallest absolute Gasteiger partial charge is 0.315 e. The molecule has 0 atom stereocenters. The second-order valence-corrected chi connectivity index (χ2v) is 4.92. The van der Waals surface area contributed by atoms with Crippen LogP contribution in [-0.4, -0.2) is 19.2 Å². The second-order valence-electron chi connectivity index (χ2n) is 4.92. The normalized spacial score (nSPS) is 10.0. The average Bonchev–Trinajstić information content (AvgIpc) is 2.55. The van der Waals surface area contributed by atoms with Gasteiger partial charge in [0.2, 0.25) is 0 Å². The molecule has 0 aliphatic rings. The minimum atomic E-state index is -0.148. The third-order valence-electron chi connectivity index (χ3n) is 3.23. The Balaban J connectivity index is 1.67. The van der Waals surface area contributed by atoms with Crippen LogP contribution in [-0.2, 0) is 13.0 Å². The summed E-state index contributed by atoms with van der Waals surface area (Å²) in [5.41, 5.74) is 2.26. The Morgan fingerprint density at radius 1 is 0.955 bits per heavy atom. The van der Waals surface area contributed by atoms with Gasteiger partial charge in [0.05, 0.1) is 6.61 Å². The number of amides is 2. The molecule has 0 saturated heterocycles. The maximum atomic E-state index is 11.7. The summed E-state index contributed by atoms with van der Waals surface area (Å²) in [6.07, 6.45) is 0.831. The van der Waals surface area contributed by atoms with E-state index in [2.05, 4.69) is 22.8 Å². The lowest BCUT2D eigenvalue weighted by Crippen LogP contribution is -2.36. The van der Waals surface area contributed by atoms with Crippen molar-refractivity contribution in [3.05, 3.63) is 65.7 Å². The Morgan fingerprint density at radius 2 is 1.68 bits per heavy atom. The number of benzene rings is 2. The van der Waals surface area contributed by atoms with Gasteiger partial charge in [-0.25, -0.2) is 4.79 Å². The van der Waals surface area contributed by atoms with Crippen LogP contribution in [0, 0.1) is 0 Å². The third-order valence-corrected chi connectivity index (χ3v) is 3.23. The van der Waals surface area contributed by atoms with E-state index in [1.54, 1.807) is 0 Å². The van der Waals surface area contributed by atoms with Crippen molar-refractivity contribution in [2.45, 2.75) is 19.9 Å². The molecule has 0 radical (unpaired) electrons. The number of ether oxygens (including phenoxy) is 1. The first-order chi connectivity index (χ1) is 10.8. The number of carbonyl (C=O) groups is 1. The van der Waals surface area contributed by atoms with E-state index in [1.807, 2.05) is 49.4 Å². The fourth-order valence-corrected chi connectivity index (χ4v) is 2.08. The highest BCUT2D eigenvalue weighted by Gasteiger charge is 2.01. The highest BCUT2D eigenvalue weighted by atomic mass is 16.5. The summed E-state index contributed by atoms with van der Waals surface area (Å²) in [6, 6.07) is 17.7. The molecule has 2 aromatic rings. The standard InChI is InChI=1S/C18H22N2O2/c1-2-22-17-10-8-16(9-11-17)14-20-18(21)19-13-12-15-6-4-3-5-7-15/h3-11H,2,12-14H2,1H3,(H2,19,20,21).